The average Bonchev–Trinajstić information content (AvgIpc) is 0.769. The number of phenols is 3. The van der Waals surface area contributed by atoms with Crippen molar-refractivity contribution >= 4 is 94.3 Å². The maximum absolute atomic E-state index is 10.4. The van der Waals surface area contributed by atoms with Crippen molar-refractivity contribution in [3.8, 4) is 17.2 Å². The highest BCUT2D eigenvalue weighted by atomic mass is 16.3. The van der Waals surface area contributed by atoms with Gasteiger partial charge in [-0.15, -0.1) is 5.11 Å². The van der Waals surface area contributed by atoms with Gasteiger partial charge in [0.25, 0.3) is 0 Å². The van der Waals surface area contributed by atoms with Crippen molar-refractivity contribution < 1.29 is 15.3 Å². The first-order valence-electron chi connectivity index (χ1n) is 46.9. The molecule has 0 bridgehead atoms. The first-order valence-corrected chi connectivity index (χ1v) is 46.9. The number of nitrogens with zero attached hydrogens (tertiary/aromatic N) is 12. The SMILES string of the molecule is CC.CC.CC.CC.CC.CC.CC.CC.CC.CC.CC.CC.CC.CC.CC.CC.CN=Nc1c(C)cc2cc(C)c(N=NC)c(O)c2c1N.CN=Nc1c(C)cc2cc(C)c(N=NC)c(O)c2c1N.CN=Nc1ccccc1.Cc1cc2ccccc2c(O)c1N=Nc1ccccc1.c1ccc2ccccc2c1.c1ccccc1.c1ccccc1.c1ccccc1. The van der Waals surface area contributed by atoms with Gasteiger partial charge in [-0.1, -0.05) is 440 Å². The van der Waals surface area contributed by atoms with E-state index in [1.165, 1.54) is 10.8 Å². The Bertz CT molecular complexity index is 4290. The molecule has 13 aromatic rings. The van der Waals surface area contributed by atoms with Gasteiger partial charge in [0, 0.05) is 40.6 Å². The normalized spacial score (nSPS) is 8.82. The van der Waals surface area contributed by atoms with Gasteiger partial charge in [0.2, 0.25) is 0 Å². The van der Waals surface area contributed by atoms with Crippen molar-refractivity contribution in [3.05, 3.63) is 301 Å². The van der Waals surface area contributed by atoms with E-state index in [4.69, 9.17) is 11.5 Å². The zero-order valence-electron chi connectivity index (χ0n) is 88.3. The monoisotopic (exact) mass is 1770 g/mol. The van der Waals surface area contributed by atoms with Gasteiger partial charge in [-0.3, -0.25) is 0 Å². The molecule has 0 amide bonds. The number of aryl methyl sites for hydroxylation is 5. The van der Waals surface area contributed by atoms with Crippen molar-refractivity contribution in [3.63, 3.8) is 0 Å². The second kappa shape index (κ2) is 106. The van der Waals surface area contributed by atoms with Crippen LogP contribution in [0.1, 0.15) is 249 Å². The van der Waals surface area contributed by atoms with Crippen molar-refractivity contribution in [2.75, 3.05) is 46.7 Å². The molecule has 0 heterocycles. The Morgan fingerprint density at radius 2 is 0.364 bits per heavy atom. The Morgan fingerprint density at radius 3 is 0.605 bits per heavy atom. The third kappa shape index (κ3) is 59.2. The quantitative estimate of drug-likeness (QED) is 0.0768. The highest BCUT2D eigenvalue weighted by Gasteiger charge is 2.19. The van der Waals surface area contributed by atoms with Gasteiger partial charge in [0.15, 0.2) is 17.2 Å². The van der Waals surface area contributed by atoms with Crippen molar-refractivity contribution in [2.45, 2.75) is 256 Å². The minimum atomic E-state index is 0.0238. The molecule has 0 saturated heterocycles. The number of nitrogens with two attached hydrogens (primary N) is 2. The summed E-state index contributed by atoms with van der Waals surface area (Å²) in [6.07, 6.45) is 0. The molecule has 0 aliphatic rings. The van der Waals surface area contributed by atoms with Gasteiger partial charge in [-0.2, -0.15) is 56.3 Å². The average molecular weight is 1770 g/mol. The first kappa shape index (κ1) is 140. The molecule has 0 spiro atoms. The van der Waals surface area contributed by atoms with Crippen LogP contribution in [-0.2, 0) is 0 Å². The fourth-order valence-corrected chi connectivity index (χ4v) is 9.69. The summed E-state index contributed by atoms with van der Waals surface area (Å²) in [5, 5.41) is 85.2. The molecule has 714 valence electrons. The number of phenolic OH excluding ortho intramolecular Hbond substituents is 3. The number of hydrogen-bond acceptors (Lipinski definition) is 17. The molecule has 0 aromatic heterocycles. The minimum absolute atomic E-state index is 0.0238. The number of anilines is 2. The van der Waals surface area contributed by atoms with E-state index in [9.17, 15) is 15.3 Å². The molecule has 0 atom stereocenters. The molecule has 13 aromatic carbocycles. The lowest BCUT2D eigenvalue weighted by Gasteiger charge is -2.12. The summed E-state index contributed by atoms with van der Waals surface area (Å²) in [7, 11) is 7.92. The second-order valence-corrected chi connectivity index (χ2v) is 21.2. The summed E-state index contributed by atoms with van der Waals surface area (Å²) >= 11 is 0. The maximum Gasteiger partial charge on any atom is 0.153 e. The fourth-order valence-electron chi connectivity index (χ4n) is 9.69. The van der Waals surface area contributed by atoms with Gasteiger partial charge in [0.1, 0.15) is 28.4 Å². The Morgan fingerprint density at radius 1 is 0.186 bits per heavy atom. The van der Waals surface area contributed by atoms with Crippen LogP contribution in [0.15, 0.2) is 334 Å². The number of fused-ring (bicyclic) bond motifs is 4. The van der Waals surface area contributed by atoms with Crippen LogP contribution in [0.25, 0.3) is 43.1 Å². The van der Waals surface area contributed by atoms with Crippen molar-refractivity contribution in [2.24, 2.45) is 61.4 Å². The molecule has 0 aliphatic heterocycles. The van der Waals surface area contributed by atoms with Crippen molar-refractivity contribution in [1.29, 1.82) is 0 Å². The molecule has 0 radical (unpaired) electrons. The van der Waals surface area contributed by atoms with Crippen LogP contribution in [0.2, 0.25) is 0 Å². The molecule has 0 fully saturated rings. The van der Waals surface area contributed by atoms with Gasteiger partial charge < -0.3 is 26.8 Å². The molecule has 0 saturated carbocycles. The predicted molar refractivity (Wildman–Crippen MR) is 583 cm³/mol. The largest absolute Gasteiger partial charge is 0.505 e. The Hall–Kier alpha value is -12.5. The lowest BCUT2D eigenvalue weighted by Crippen LogP contribution is -1.92. The molecule has 0 aliphatic carbocycles. The summed E-state index contributed by atoms with van der Waals surface area (Å²) in [5.74, 6) is 0.228. The fraction of sp³-hybridized carbons (Fsp3) is 0.375. The third-order valence-corrected chi connectivity index (χ3v) is 14.2. The van der Waals surface area contributed by atoms with E-state index in [-0.39, 0.29) is 17.2 Å². The lowest BCUT2D eigenvalue weighted by atomic mass is 9.99. The van der Waals surface area contributed by atoms with Crippen LogP contribution < -0.4 is 11.5 Å². The Balaban J connectivity index is -0.000000135. The van der Waals surface area contributed by atoms with E-state index in [1.54, 1.807) is 35.2 Å². The number of azo groups is 6. The van der Waals surface area contributed by atoms with E-state index in [0.717, 1.165) is 60.7 Å². The lowest BCUT2D eigenvalue weighted by molar-refractivity contribution is 0.482. The minimum Gasteiger partial charge on any atom is -0.505 e. The standard InChI is InChI=1S/C17H14N2O.2C14H17N5O.C10H8.C7H8N2.3C6H6.16C2H6/c1-12-11-13-7-5-6-10-15(13)17(20)16(12)19-18-14-8-3-2-4-9-14;2*1-7-5-9-6-8(2)13(19-17-4)14(20)10(9)11(15)12(7)18-16-3;1-2-6-10-8-4-3-7-9(10)5-1;1-8-9-7-5-3-2-4-6-7;3*1-2-4-6-5-3-1;16*1-2/h2-11,20H,1H3;2*5-6,20H,15H2,1-4H3;1-8H;2-6H,1H3;3*1-6H;16*1-2H3. The van der Waals surface area contributed by atoms with E-state index >= 15 is 0 Å². The van der Waals surface area contributed by atoms with E-state index in [2.05, 4.69) is 110 Å². The molecule has 17 heteroatoms. The summed E-state index contributed by atoms with van der Waals surface area (Å²) in [4.78, 5) is 0. The Labute approximate surface area is 787 Å². The van der Waals surface area contributed by atoms with Crippen LogP contribution in [0.4, 0.5) is 51.2 Å². The number of benzene rings is 13. The zero-order valence-corrected chi connectivity index (χ0v) is 88.3. The van der Waals surface area contributed by atoms with E-state index in [1.807, 2.05) is 481 Å². The van der Waals surface area contributed by atoms with Gasteiger partial charge in [-0.05, 0) is 144 Å². The Kier molecular flexibility index (Phi) is 115. The van der Waals surface area contributed by atoms with Gasteiger partial charge >= 0.3 is 0 Å². The van der Waals surface area contributed by atoms with Crippen LogP contribution in [0.5, 0.6) is 17.2 Å². The molecular formula is C112H178N14O3. The highest BCUT2D eigenvalue weighted by Crippen LogP contribution is 2.47. The smallest absolute Gasteiger partial charge is 0.153 e. The van der Waals surface area contributed by atoms with E-state index < -0.39 is 0 Å². The van der Waals surface area contributed by atoms with Gasteiger partial charge in [-0.25, -0.2) is 0 Å². The molecule has 129 heavy (non-hydrogen) atoms. The van der Waals surface area contributed by atoms with E-state index in [0.29, 0.717) is 50.6 Å². The van der Waals surface area contributed by atoms with Crippen LogP contribution in [0, 0.1) is 34.6 Å². The summed E-state index contributed by atoms with van der Waals surface area (Å²) in [5.41, 5.74) is 21.6. The van der Waals surface area contributed by atoms with Crippen LogP contribution in [0.3, 0.4) is 0 Å². The molecule has 17 nitrogen and oxygen atoms in total. The topological polar surface area (TPSA) is 261 Å². The summed E-state index contributed by atoms with van der Waals surface area (Å²) in [6.45, 7) is 73.5. The number of hydrogen-bond donors (Lipinski definition) is 5. The zero-order chi connectivity index (χ0) is 102. The summed E-state index contributed by atoms with van der Waals surface area (Å²) in [6, 6.07) is 89.2. The van der Waals surface area contributed by atoms with Crippen LogP contribution in [-0.4, -0.2) is 50.6 Å². The number of rotatable bonds is 7. The first-order chi connectivity index (χ1) is 63.2. The second-order valence-electron chi connectivity index (χ2n) is 21.2. The molecular weight excluding hydrogens is 1590 g/mol. The molecule has 13 rings (SSSR count). The summed E-state index contributed by atoms with van der Waals surface area (Å²) < 4.78 is 0. The third-order valence-electron chi connectivity index (χ3n) is 14.2. The number of nitrogen functional groups attached to an aromatic ring is 2. The molecule has 0 unspecified atom stereocenters. The molecule has 7 N–H and O–H groups in total. The highest BCUT2D eigenvalue weighted by molar-refractivity contribution is 6.07. The number of aromatic hydroxyl groups is 3. The maximum atomic E-state index is 10.4. The predicted octanol–water partition coefficient (Wildman–Crippen LogP) is 40.3. The van der Waals surface area contributed by atoms with Crippen molar-refractivity contribution in [1.82, 2.24) is 0 Å². The van der Waals surface area contributed by atoms with Gasteiger partial charge in [0.05, 0.1) is 33.5 Å². The van der Waals surface area contributed by atoms with Crippen LogP contribution >= 0.6 is 0 Å².